The summed E-state index contributed by atoms with van der Waals surface area (Å²) in [6.07, 6.45) is 3.18. The van der Waals surface area contributed by atoms with Crippen molar-refractivity contribution < 1.29 is 14.5 Å². The Hall–Kier alpha value is -1.68. The molecular weight excluding hydrogens is 385 g/mol. The summed E-state index contributed by atoms with van der Waals surface area (Å²) < 4.78 is 5.66. The summed E-state index contributed by atoms with van der Waals surface area (Å²) in [7, 11) is 0. The van der Waals surface area contributed by atoms with Crippen molar-refractivity contribution in [1.29, 1.82) is 0 Å². The van der Waals surface area contributed by atoms with E-state index in [4.69, 9.17) is 10.5 Å². The highest BCUT2D eigenvalue weighted by molar-refractivity contribution is 5.85. The van der Waals surface area contributed by atoms with E-state index in [-0.39, 0.29) is 54.7 Å². The van der Waals surface area contributed by atoms with E-state index in [2.05, 4.69) is 10.3 Å². The third kappa shape index (κ3) is 5.16. The third-order valence-corrected chi connectivity index (χ3v) is 4.46. The molecule has 0 aliphatic carbocycles. The number of nitrogens with one attached hydrogen (secondary N) is 1. The number of anilines is 1. The zero-order chi connectivity index (χ0) is 17.1. The van der Waals surface area contributed by atoms with Crippen LogP contribution in [0, 0.1) is 10.1 Å². The van der Waals surface area contributed by atoms with E-state index in [1.807, 2.05) is 0 Å². The SMILES string of the molecule is Cl.Cl.NC[C@H]1CC[C@@H](C(=O)N2CCC(Nc3ccc([N+](=O)[O-])cn3)C2)O1. The first kappa shape index (κ1) is 22.4. The predicted molar refractivity (Wildman–Crippen MR) is 101 cm³/mol. The second-order valence-electron chi connectivity index (χ2n) is 6.13. The number of carbonyl (C=O) groups excluding carboxylic acids is 1. The largest absolute Gasteiger partial charge is 0.365 e. The molecule has 26 heavy (non-hydrogen) atoms. The van der Waals surface area contributed by atoms with Crippen LogP contribution in [0.15, 0.2) is 18.3 Å². The first-order valence-corrected chi connectivity index (χ1v) is 8.08. The molecular formula is C15H23Cl2N5O4. The van der Waals surface area contributed by atoms with Gasteiger partial charge in [-0.3, -0.25) is 14.9 Å². The van der Waals surface area contributed by atoms with E-state index >= 15 is 0 Å². The number of hydrogen-bond acceptors (Lipinski definition) is 7. The van der Waals surface area contributed by atoms with Crippen molar-refractivity contribution in [3.8, 4) is 0 Å². The molecule has 0 spiro atoms. The third-order valence-electron chi connectivity index (χ3n) is 4.46. The fraction of sp³-hybridized carbons (Fsp3) is 0.600. The van der Waals surface area contributed by atoms with Crippen LogP contribution < -0.4 is 11.1 Å². The molecule has 0 radical (unpaired) electrons. The molecule has 3 heterocycles. The van der Waals surface area contributed by atoms with Gasteiger partial charge in [0.25, 0.3) is 11.6 Å². The standard InChI is InChI=1S/C15H21N5O4.2ClH/c16-7-12-2-3-13(24-12)15(21)19-6-5-10(9-19)18-14-4-1-11(8-17-14)20(22)23;;/h1,4,8,10,12-13H,2-3,5-7,9,16H2,(H,17,18);2*1H/t10?,12-,13+;;/m1../s1. The van der Waals surface area contributed by atoms with Crippen molar-refractivity contribution in [1.82, 2.24) is 9.88 Å². The number of ether oxygens (including phenoxy) is 1. The number of nitrogens with zero attached hydrogens (tertiary/aromatic N) is 3. The van der Waals surface area contributed by atoms with E-state index < -0.39 is 4.92 Å². The normalized spacial score (nSPS) is 24.5. The monoisotopic (exact) mass is 407 g/mol. The molecule has 11 heteroatoms. The average molecular weight is 408 g/mol. The molecule has 3 atom stereocenters. The molecule has 3 N–H and O–H groups in total. The zero-order valence-electron chi connectivity index (χ0n) is 14.1. The van der Waals surface area contributed by atoms with Gasteiger partial charge in [-0.25, -0.2) is 4.98 Å². The maximum absolute atomic E-state index is 12.5. The van der Waals surface area contributed by atoms with Gasteiger partial charge in [0, 0.05) is 31.7 Å². The molecule has 3 rings (SSSR count). The van der Waals surface area contributed by atoms with Gasteiger partial charge in [0.1, 0.15) is 18.1 Å². The van der Waals surface area contributed by atoms with Gasteiger partial charge in [0.2, 0.25) is 0 Å². The molecule has 1 aromatic heterocycles. The van der Waals surface area contributed by atoms with E-state index in [9.17, 15) is 14.9 Å². The molecule has 2 aliphatic rings. The molecule has 1 unspecified atom stereocenters. The number of rotatable bonds is 5. The van der Waals surface area contributed by atoms with E-state index in [1.165, 1.54) is 12.3 Å². The summed E-state index contributed by atoms with van der Waals surface area (Å²) >= 11 is 0. The number of likely N-dealkylation sites (tertiary alicyclic amines) is 1. The lowest BCUT2D eigenvalue weighted by Gasteiger charge is -2.21. The lowest BCUT2D eigenvalue weighted by Crippen LogP contribution is -2.39. The van der Waals surface area contributed by atoms with Crippen LogP contribution in [0.2, 0.25) is 0 Å². The topological polar surface area (TPSA) is 124 Å². The van der Waals surface area contributed by atoms with Crippen molar-refractivity contribution in [2.24, 2.45) is 5.73 Å². The van der Waals surface area contributed by atoms with E-state index in [1.54, 1.807) is 11.0 Å². The van der Waals surface area contributed by atoms with Gasteiger partial charge < -0.3 is 20.7 Å². The first-order valence-electron chi connectivity index (χ1n) is 8.08. The van der Waals surface area contributed by atoms with Gasteiger partial charge in [-0.2, -0.15) is 0 Å². The van der Waals surface area contributed by atoms with Crippen molar-refractivity contribution in [2.45, 2.75) is 37.5 Å². The van der Waals surface area contributed by atoms with Crippen LogP contribution in [0.3, 0.4) is 0 Å². The second kappa shape index (κ2) is 9.86. The zero-order valence-corrected chi connectivity index (χ0v) is 15.7. The molecule has 2 aliphatic heterocycles. The smallest absolute Gasteiger partial charge is 0.287 e. The number of hydrogen-bond donors (Lipinski definition) is 2. The predicted octanol–water partition coefficient (Wildman–Crippen LogP) is 1.35. The van der Waals surface area contributed by atoms with Crippen molar-refractivity contribution >= 4 is 42.2 Å². The van der Waals surface area contributed by atoms with Crippen LogP contribution in [-0.4, -0.2) is 58.6 Å². The average Bonchev–Trinajstić information content (AvgIpc) is 3.24. The Balaban J connectivity index is 0.00000169. The summed E-state index contributed by atoms with van der Waals surface area (Å²) in [4.78, 5) is 28.4. The molecule has 0 saturated carbocycles. The fourth-order valence-corrected chi connectivity index (χ4v) is 3.13. The van der Waals surface area contributed by atoms with Crippen LogP contribution in [-0.2, 0) is 9.53 Å². The Morgan fingerprint density at radius 3 is 2.73 bits per heavy atom. The van der Waals surface area contributed by atoms with Crippen LogP contribution in [0.4, 0.5) is 11.5 Å². The van der Waals surface area contributed by atoms with Crippen molar-refractivity contribution in [3.05, 3.63) is 28.4 Å². The van der Waals surface area contributed by atoms with E-state index in [0.29, 0.717) is 25.5 Å². The number of nitrogens with two attached hydrogens (primary N) is 1. The molecule has 2 fully saturated rings. The van der Waals surface area contributed by atoms with Gasteiger partial charge in [0.05, 0.1) is 11.0 Å². The summed E-state index contributed by atoms with van der Waals surface area (Å²) in [5.41, 5.74) is 5.53. The number of nitro groups is 1. The molecule has 146 valence electrons. The Bertz CT molecular complexity index is 619. The number of pyridine rings is 1. The summed E-state index contributed by atoms with van der Waals surface area (Å²) in [5, 5.41) is 13.8. The molecule has 2 saturated heterocycles. The minimum Gasteiger partial charge on any atom is -0.365 e. The van der Waals surface area contributed by atoms with Crippen LogP contribution in [0.5, 0.6) is 0 Å². The molecule has 0 bridgehead atoms. The Morgan fingerprint density at radius 2 is 2.15 bits per heavy atom. The lowest BCUT2D eigenvalue weighted by molar-refractivity contribution is -0.385. The quantitative estimate of drug-likeness (QED) is 0.557. The molecule has 9 nitrogen and oxygen atoms in total. The van der Waals surface area contributed by atoms with Crippen LogP contribution in [0.1, 0.15) is 19.3 Å². The van der Waals surface area contributed by atoms with Gasteiger partial charge in [-0.1, -0.05) is 0 Å². The Kier molecular flexibility index (Phi) is 8.48. The minimum atomic E-state index is -0.483. The fourth-order valence-electron chi connectivity index (χ4n) is 3.13. The highest BCUT2D eigenvalue weighted by Gasteiger charge is 2.35. The maximum atomic E-state index is 12.5. The number of halogens is 2. The maximum Gasteiger partial charge on any atom is 0.287 e. The van der Waals surface area contributed by atoms with Crippen LogP contribution >= 0.6 is 24.8 Å². The molecule has 0 aromatic carbocycles. The number of carbonyl (C=O) groups is 1. The highest BCUT2D eigenvalue weighted by atomic mass is 35.5. The van der Waals surface area contributed by atoms with Gasteiger partial charge in [-0.05, 0) is 25.3 Å². The van der Waals surface area contributed by atoms with Crippen molar-refractivity contribution in [3.63, 3.8) is 0 Å². The van der Waals surface area contributed by atoms with E-state index in [0.717, 1.165) is 19.3 Å². The highest BCUT2D eigenvalue weighted by Crippen LogP contribution is 2.23. The molecule has 1 aromatic rings. The Morgan fingerprint density at radius 1 is 1.38 bits per heavy atom. The minimum absolute atomic E-state index is 0. The van der Waals surface area contributed by atoms with Gasteiger partial charge in [-0.15, -0.1) is 24.8 Å². The number of aromatic nitrogens is 1. The lowest BCUT2D eigenvalue weighted by atomic mass is 10.2. The van der Waals surface area contributed by atoms with Gasteiger partial charge in [0.15, 0.2) is 0 Å². The Labute approximate surface area is 163 Å². The van der Waals surface area contributed by atoms with Crippen LogP contribution in [0.25, 0.3) is 0 Å². The summed E-state index contributed by atoms with van der Waals surface area (Å²) in [5.74, 6) is 0.590. The summed E-state index contributed by atoms with van der Waals surface area (Å²) in [6, 6.07) is 3.07. The first-order chi connectivity index (χ1) is 11.6. The molecule has 1 amide bonds. The second-order valence-corrected chi connectivity index (χ2v) is 6.13. The van der Waals surface area contributed by atoms with Crippen molar-refractivity contribution in [2.75, 3.05) is 25.0 Å². The number of amides is 1. The van der Waals surface area contributed by atoms with Gasteiger partial charge >= 0.3 is 0 Å². The summed E-state index contributed by atoms with van der Waals surface area (Å²) in [6.45, 7) is 1.68.